The van der Waals surface area contributed by atoms with E-state index >= 15 is 0 Å². The highest BCUT2D eigenvalue weighted by Crippen LogP contribution is 2.18. The van der Waals surface area contributed by atoms with E-state index < -0.39 is 0 Å². The molecule has 1 unspecified atom stereocenters. The number of nitrogens with two attached hydrogens (primary N) is 1. The Morgan fingerprint density at radius 3 is 2.75 bits per heavy atom. The van der Waals surface area contributed by atoms with Crippen molar-refractivity contribution in [2.75, 3.05) is 0 Å². The van der Waals surface area contributed by atoms with Crippen LogP contribution in [0.25, 0.3) is 11.0 Å². The monoisotopic (exact) mass is 274 g/mol. The van der Waals surface area contributed by atoms with E-state index in [-0.39, 0.29) is 0 Å². The van der Waals surface area contributed by atoms with Gasteiger partial charge in [0.2, 0.25) is 0 Å². The van der Waals surface area contributed by atoms with E-state index in [1.165, 1.54) is 24.8 Å². The van der Waals surface area contributed by atoms with Gasteiger partial charge in [0, 0.05) is 19.0 Å². The number of imidazole rings is 1. The van der Waals surface area contributed by atoms with Crippen molar-refractivity contribution >= 4 is 11.0 Å². The average molecular weight is 274 g/mol. The van der Waals surface area contributed by atoms with Crippen LogP contribution in [0.3, 0.4) is 0 Å². The molecule has 2 aromatic rings. The summed E-state index contributed by atoms with van der Waals surface area (Å²) < 4.78 is 2.29. The van der Waals surface area contributed by atoms with Gasteiger partial charge in [-0.25, -0.2) is 4.98 Å². The highest BCUT2D eigenvalue weighted by atomic mass is 15.2. The second-order valence-corrected chi connectivity index (χ2v) is 5.32. The molecule has 0 saturated carbocycles. The van der Waals surface area contributed by atoms with Gasteiger partial charge in [-0.1, -0.05) is 38.3 Å². The lowest BCUT2D eigenvalue weighted by molar-refractivity contribution is 0.453. The van der Waals surface area contributed by atoms with E-state index in [4.69, 9.17) is 10.8 Å². The average Bonchev–Trinajstić information content (AvgIpc) is 2.83. The third kappa shape index (κ3) is 3.38. The van der Waals surface area contributed by atoms with E-state index in [1.807, 2.05) is 6.07 Å². The number of benzene rings is 1. The molecular formula is C16H26N4. The molecule has 0 aliphatic rings. The van der Waals surface area contributed by atoms with Crippen LogP contribution in [-0.4, -0.2) is 15.6 Å². The smallest absolute Gasteiger partial charge is 0.111 e. The Hall–Kier alpha value is -1.39. The molecule has 4 nitrogen and oxygen atoms in total. The minimum Gasteiger partial charge on any atom is -0.328 e. The molecule has 1 atom stereocenters. The van der Waals surface area contributed by atoms with Gasteiger partial charge in [-0.2, -0.15) is 0 Å². The van der Waals surface area contributed by atoms with Crippen molar-refractivity contribution in [3.63, 3.8) is 0 Å². The summed E-state index contributed by atoms with van der Waals surface area (Å²) in [6, 6.07) is 8.63. The molecule has 0 bridgehead atoms. The van der Waals surface area contributed by atoms with E-state index in [1.54, 1.807) is 0 Å². The number of rotatable bonds is 8. The Bertz CT molecular complexity index is 532. The first-order valence-electron chi connectivity index (χ1n) is 7.70. The van der Waals surface area contributed by atoms with Gasteiger partial charge in [0.1, 0.15) is 5.82 Å². The molecule has 4 heteroatoms. The number of nitrogens with zero attached hydrogens (tertiary/aromatic N) is 2. The van der Waals surface area contributed by atoms with Gasteiger partial charge >= 0.3 is 0 Å². The Morgan fingerprint density at radius 1 is 1.25 bits per heavy atom. The van der Waals surface area contributed by atoms with Crippen LogP contribution in [0.15, 0.2) is 24.3 Å². The summed E-state index contributed by atoms with van der Waals surface area (Å²) >= 11 is 0. The molecule has 0 amide bonds. The Morgan fingerprint density at radius 2 is 2.05 bits per heavy atom. The molecule has 20 heavy (non-hydrogen) atoms. The number of hydrazine groups is 1. The van der Waals surface area contributed by atoms with Gasteiger partial charge in [0.05, 0.1) is 11.0 Å². The molecule has 0 spiro atoms. The molecule has 0 saturated heterocycles. The van der Waals surface area contributed by atoms with Crippen molar-refractivity contribution in [1.82, 2.24) is 15.0 Å². The Kier molecular flexibility index (Phi) is 5.56. The van der Waals surface area contributed by atoms with Gasteiger partial charge in [0.15, 0.2) is 0 Å². The van der Waals surface area contributed by atoms with Gasteiger partial charge in [-0.05, 0) is 25.5 Å². The lowest BCUT2D eigenvalue weighted by Crippen LogP contribution is -2.37. The number of hydrogen-bond donors (Lipinski definition) is 2. The van der Waals surface area contributed by atoms with Crippen molar-refractivity contribution in [2.45, 2.75) is 58.5 Å². The lowest BCUT2D eigenvalue weighted by Gasteiger charge is -2.16. The zero-order valence-corrected chi connectivity index (χ0v) is 12.6. The van der Waals surface area contributed by atoms with Crippen molar-refractivity contribution in [3.8, 4) is 0 Å². The number of nitrogens with one attached hydrogen (secondary N) is 1. The van der Waals surface area contributed by atoms with Crippen molar-refractivity contribution in [2.24, 2.45) is 5.84 Å². The highest BCUT2D eigenvalue weighted by molar-refractivity contribution is 5.75. The van der Waals surface area contributed by atoms with Crippen LogP contribution in [0.1, 0.15) is 45.4 Å². The van der Waals surface area contributed by atoms with Crippen LogP contribution < -0.4 is 11.3 Å². The van der Waals surface area contributed by atoms with Crippen LogP contribution in [0.5, 0.6) is 0 Å². The normalized spacial score (nSPS) is 12.9. The fourth-order valence-corrected chi connectivity index (χ4v) is 2.74. The number of aryl methyl sites for hydroxylation is 1. The first-order valence-corrected chi connectivity index (χ1v) is 7.70. The maximum Gasteiger partial charge on any atom is 0.111 e. The van der Waals surface area contributed by atoms with Crippen LogP contribution in [-0.2, 0) is 13.0 Å². The van der Waals surface area contributed by atoms with Crippen molar-refractivity contribution in [1.29, 1.82) is 0 Å². The number of hydrogen-bond acceptors (Lipinski definition) is 3. The topological polar surface area (TPSA) is 55.9 Å². The summed E-state index contributed by atoms with van der Waals surface area (Å²) in [5, 5.41) is 0. The SMILES string of the molecule is CCCCCC(Cc1nc2ccccc2n1CC)NN. The minimum atomic E-state index is 0.309. The number of unbranched alkanes of at least 4 members (excludes halogenated alkanes) is 2. The largest absolute Gasteiger partial charge is 0.328 e. The van der Waals surface area contributed by atoms with Gasteiger partial charge in [0.25, 0.3) is 0 Å². The van der Waals surface area contributed by atoms with E-state index in [0.717, 1.165) is 30.7 Å². The predicted octanol–water partition coefficient (Wildman–Crippen LogP) is 3.01. The minimum absolute atomic E-state index is 0.309. The fourth-order valence-electron chi connectivity index (χ4n) is 2.74. The molecule has 110 valence electrons. The lowest BCUT2D eigenvalue weighted by atomic mass is 10.1. The third-order valence-electron chi connectivity index (χ3n) is 3.87. The molecule has 2 rings (SSSR count). The highest BCUT2D eigenvalue weighted by Gasteiger charge is 2.14. The Balaban J connectivity index is 2.14. The first-order chi connectivity index (χ1) is 9.80. The molecule has 0 fully saturated rings. The van der Waals surface area contributed by atoms with Crippen LogP contribution in [0.4, 0.5) is 0 Å². The molecule has 1 aromatic heterocycles. The second-order valence-electron chi connectivity index (χ2n) is 5.32. The van der Waals surface area contributed by atoms with Gasteiger partial charge < -0.3 is 4.57 Å². The molecule has 3 N–H and O–H groups in total. The molecule has 0 aliphatic heterocycles. The number of aromatic nitrogens is 2. The second kappa shape index (κ2) is 7.41. The zero-order valence-electron chi connectivity index (χ0n) is 12.6. The standard InChI is InChI=1S/C16H26N4/c1-3-5-6-9-13(19-17)12-16-18-14-10-7-8-11-15(14)20(16)4-2/h7-8,10-11,13,19H,3-6,9,12,17H2,1-2H3. The summed E-state index contributed by atoms with van der Waals surface area (Å²) in [6.45, 7) is 5.34. The van der Waals surface area contributed by atoms with Crippen molar-refractivity contribution in [3.05, 3.63) is 30.1 Å². The summed E-state index contributed by atoms with van der Waals surface area (Å²) in [6.07, 6.45) is 5.73. The maximum atomic E-state index is 5.70. The van der Waals surface area contributed by atoms with E-state index in [0.29, 0.717) is 6.04 Å². The fraction of sp³-hybridized carbons (Fsp3) is 0.562. The predicted molar refractivity (Wildman–Crippen MR) is 84.4 cm³/mol. The zero-order chi connectivity index (χ0) is 14.4. The number of fused-ring (bicyclic) bond motifs is 1. The molecule has 1 aromatic carbocycles. The molecular weight excluding hydrogens is 248 g/mol. The third-order valence-corrected chi connectivity index (χ3v) is 3.87. The maximum absolute atomic E-state index is 5.70. The van der Waals surface area contributed by atoms with Crippen LogP contribution in [0.2, 0.25) is 0 Å². The molecule has 1 heterocycles. The van der Waals surface area contributed by atoms with E-state index in [2.05, 4.69) is 42.0 Å². The number of para-hydroxylation sites is 2. The van der Waals surface area contributed by atoms with Crippen LogP contribution >= 0.6 is 0 Å². The summed E-state index contributed by atoms with van der Waals surface area (Å²) in [7, 11) is 0. The Labute approximate surface area is 121 Å². The quantitative estimate of drug-likeness (QED) is 0.442. The molecule has 0 radical (unpaired) electrons. The molecule has 0 aliphatic carbocycles. The van der Waals surface area contributed by atoms with Gasteiger partial charge in [-0.3, -0.25) is 11.3 Å². The summed E-state index contributed by atoms with van der Waals surface area (Å²) in [5.74, 6) is 6.83. The summed E-state index contributed by atoms with van der Waals surface area (Å²) in [5.41, 5.74) is 5.25. The van der Waals surface area contributed by atoms with E-state index in [9.17, 15) is 0 Å². The first kappa shape index (κ1) is 15.0. The van der Waals surface area contributed by atoms with Crippen molar-refractivity contribution < 1.29 is 0 Å². The summed E-state index contributed by atoms with van der Waals surface area (Å²) in [4.78, 5) is 4.77. The van der Waals surface area contributed by atoms with Gasteiger partial charge in [-0.15, -0.1) is 0 Å². The van der Waals surface area contributed by atoms with Crippen LogP contribution in [0, 0.1) is 0 Å².